The number of rotatable bonds is 11. The number of benzene rings is 2. The number of hydrogen-bond acceptors (Lipinski definition) is 6. The first-order chi connectivity index (χ1) is 17.2. The van der Waals surface area contributed by atoms with Gasteiger partial charge in [-0.25, -0.2) is 8.42 Å². The number of ether oxygens (including phenoxy) is 2. The van der Waals surface area contributed by atoms with Crippen molar-refractivity contribution in [2.75, 3.05) is 31.3 Å². The van der Waals surface area contributed by atoms with Crippen molar-refractivity contribution >= 4 is 27.5 Å². The highest BCUT2D eigenvalue weighted by molar-refractivity contribution is 7.92. The molecule has 0 aliphatic heterocycles. The van der Waals surface area contributed by atoms with Gasteiger partial charge in [0.05, 0.1) is 26.2 Å². The van der Waals surface area contributed by atoms with Crippen molar-refractivity contribution in [1.82, 2.24) is 10.2 Å². The smallest absolute Gasteiger partial charge is 0.244 e. The van der Waals surface area contributed by atoms with E-state index in [-0.39, 0.29) is 18.1 Å². The number of nitrogens with zero attached hydrogens (tertiary/aromatic N) is 2. The number of amides is 2. The quantitative estimate of drug-likeness (QED) is 0.474. The van der Waals surface area contributed by atoms with Gasteiger partial charge in [-0.3, -0.25) is 13.9 Å². The summed E-state index contributed by atoms with van der Waals surface area (Å²) in [6.07, 6.45) is 1.38. The minimum Gasteiger partial charge on any atom is -0.497 e. The van der Waals surface area contributed by atoms with E-state index in [0.717, 1.165) is 21.7 Å². The largest absolute Gasteiger partial charge is 0.497 e. The minimum absolute atomic E-state index is 0.113. The number of sulfonamides is 1. The van der Waals surface area contributed by atoms with Gasteiger partial charge in [0.25, 0.3) is 0 Å². The van der Waals surface area contributed by atoms with Crippen LogP contribution in [0.2, 0.25) is 0 Å². The number of anilines is 1. The zero-order valence-corrected chi connectivity index (χ0v) is 23.8. The topological polar surface area (TPSA) is 105 Å². The van der Waals surface area contributed by atoms with Crippen LogP contribution in [-0.4, -0.2) is 63.7 Å². The summed E-state index contributed by atoms with van der Waals surface area (Å²) in [6, 6.07) is 11.5. The van der Waals surface area contributed by atoms with Gasteiger partial charge in [-0.2, -0.15) is 0 Å². The summed E-state index contributed by atoms with van der Waals surface area (Å²) in [5, 5.41) is 2.95. The second-order valence-electron chi connectivity index (χ2n) is 9.98. The van der Waals surface area contributed by atoms with Crippen LogP contribution in [0.1, 0.15) is 45.2 Å². The SMILES string of the molecule is CC[C@H](C(=O)NC(C)(C)C)N(Cc1ccc(OC)cc1)C(=O)CN(c1cc(C)ccc1OC)S(C)(=O)=O. The molecule has 0 aromatic heterocycles. The molecule has 0 fully saturated rings. The van der Waals surface area contributed by atoms with Gasteiger partial charge in [-0.1, -0.05) is 25.1 Å². The maximum atomic E-state index is 13.8. The Kier molecular flexibility index (Phi) is 9.97. The molecule has 1 atom stereocenters. The fourth-order valence-corrected chi connectivity index (χ4v) is 4.73. The first-order valence-corrected chi connectivity index (χ1v) is 13.9. The van der Waals surface area contributed by atoms with E-state index in [0.29, 0.717) is 17.9 Å². The van der Waals surface area contributed by atoms with Crippen LogP contribution >= 0.6 is 0 Å². The summed E-state index contributed by atoms with van der Waals surface area (Å²) in [4.78, 5) is 28.5. The van der Waals surface area contributed by atoms with Gasteiger partial charge in [0.2, 0.25) is 21.8 Å². The number of carbonyl (C=O) groups is 2. The lowest BCUT2D eigenvalue weighted by Gasteiger charge is -2.34. The Bertz CT molecular complexity index is 1190. The fraction of sp³-hybridized carbons (Fsp3) is 0.481. The maximum absolute atomic E-state index is 13.8. The molecule has 0 saturated carbocycles. The molecule has 0 radical (unpaired) electrons. The summed E-state index contributed by atoms with van der Waals surface area (Å²) in [5.41, 5.74) is 1.33. The monoisotopic (exact) mass is 533 g/mol. The van der Waals surface area contributed by atoms with Gasteiger partial charge < -0.3 is 19.7 Å². The normalized spacial score (nSPS) is 12.4. The third kappa shape index (κ3) is 8.38. The van der Waals surface area contributed by atoms with Crippen LogP contribution in [0.15, 0.2) is 42.5 Å². The summed E-state index contributed by atoms with van der Waals surface area (Å²) in [5.74, 6) is 0.161. The molecular weight excluding hydrogens is 494 g/mol. The summed E-state index contributed by atoms with van der Waals surface area (Å²) in [7, 11) is -0.866. The zero-order chi connectivity index (χ0) is 28.0. The van der Waals surface area contributed by atoms with Crippen LogP contribution in [0, 0.1) is 6.92 Å². The molecule has 2 aromatic carbocycles. The molecule has 0 aliphatic carbocycles. The van der Waals surface area contributed by atoms with Crippen molar-refractivity contribution in [2.24, 2.45) is 0 Å². The standard InChI is InChI=1S/C27H39N3O6S/c1-9-22(26(32)28-27(3,4)5)29(17-20-11-13-21(35-6)14-12-20)25(31)18-30(37(8,33)34)23-16-19(2)10-15-24(23)36-7/h10-16,22H,9,17-18H2,1-8H3,(H,28,32)/t22-/m1/s1. The van der Waals surface area contributed by atoms with Crippen molar-refractivity contribution in [2.45, 2.75) is 59.2 Å². The molecule has 204 valence electrons. The van der Waals surface area contributed by atoms with Gasteiger partial charge >= 0.3 is 0 Å². The third-order valence-corrected chi connectivity index (χ3v) is 6.80. The predicted octanol–water partition coefficient (Wildman–Crippen LogP) is 3.50. The molecule has 9 nitrogen and oxygen atoms in total. The van der Waals surface area contributed by atoms with Crippen LogP contribution in [0.3, 0.4) is 0 Å². The fourth-order valence-electron chi connectivity index (χ4n) is 3.89. The lowest BCUT2D eigenvalue weighted by molar-refractivity contribution is -0.141. The van der Waals surface area contributed by atoms with E-state index in [4.69, 9.17) is 9.47 Å². The van der Waals surface area contributed by atoms with E-state index in [9.17, 15) is 18.0 Å². The summed E-state index contributed by atoms with van der Waals surface area (Å²) in [6.45, 7) is 8.85. The zero-order valence-electron chi connectivity index (χ0n) is 23.0. The van der Waals surface area contributed by atoms with Crippen LogP contribution in [0.4, 0.5) is 5.69 Å². The van der Waals surface area contributed by atoms with E-state index < -0.39 is 34.1 Å². The Morgan fingerprint density at radius 3 is 2.14 bits per heavy atom. The molecule has 0 bridgehead atoms. The van der Waals surface area contributed by atoms with Crippen molar-refractivity contribution in [3.63, 3.8) is 0 Å². The van der Waals surface area contributed by atoms with Gasteiger partial charge in [-0.15, -0.1) is 0 Å². The molecule has 1 N–H and O–H groups in total. The molecule has 37 heavy (non-hydrogen) atoms. The highest BCUT2D eigenvalue weighted by Crippen LogP contribution is 2.31. The van der Waals surface area contributed by atoms with Crippen molar-refractivity contribution in [1.29, 1.82) is 0 Å². The Balaban J connectivity index is 2.52. The lowest BCUT2D eigenvalue weighted by Crippen LogP contribution is -2.55. The molecule has 0 heterocycles. The number of carbonyl (C=O) groups excluding carboxylic acids is 2. The average Bonchev–Trinajstić information content (AvgIpc) is 2.80. The Labute approximate surface area is 220 Å². The van der Waals surface area contributed by atoms with Crippen LogP contribution < -0.4 is 19.1 Å². The summed E-state index contributed by atoms with van der Waals surface area (Å²) >= 11 is 0. The first-order valence-electron chi connectivity index (χ1n) is 12.1. The van der Waals surface area contributed by atoms with Gasteiger partial charge in [0, 0.05) is 12.1 Å². The maximum Gasteiger partial charge on any atom is 0.244 e. The van der Waals surface area contributed by atoms with Crippen molar-refractivity contribution in [3.05, 3.63) is 53.6 Å². The average molecular weight is 534 g/mol. The van der Waals surface area contributed by atoms with Crippen molar-refractivity contribution in [3.8, 4) is 11.5 Å². The number of hydrogen-bond donors (Lipinski definition) is 1. The highest BCUT2D eigenvalue weighted by Gasteiger charge is 2.33. The molecule has 10 heteroatoms. The van der Waals surface area contributed by atoms with E-state index in [1.54, 1.807) is 37.4 Å². The first kappa shape index (κ1) is 30.0. The summed E-state index contributed by atoms with van der Waals surface area (Å²) < 4.78 is 37.4. The highest BCUT2D eigenvalue weighted by atomic mass is 32.2. The Morgan fingerprint density at radius 1 is 1.03 bits per heavy atom. The molecule has 0 aliphatic rings. The van der Waals surface area contributed by atoms with Gasteiger partial charge in [0.1, 0.15) is 24.1 Å². The third-order valence-electron chi connectivity index (χ3n) is 5.68. The molecular formula is C27H39N3O6S. The van der Waals surface area contributed by atoms with Crippen LogP contribution in [0.25, 0.3) is 0 Å². The molecule has 2 rings (SSSR count). The van der Waals surface area contributed by atoms with Crippen LogP contribution in [-0.2, 0) is 26.2 Å². The van der Waals surface area contributed by atoms with Crippen LogP contribution in [0.5, 0.6) is 11.5 Å². The van der Waals surface area contributed by atoms with Gasteiger partial charge in [-0.05, 0) is 69.5 Å². The van der Waals surface area contributed by atoms with E-state index in [1.807, 2.05) is 46.8 Å². The predicted molar refractivity (Wildman–Crippen MR) is 145 cm³/mol. The van der Waals surface area contributed by atoms with Crippen molar-refractivity contribution < 1.29 is 27.5 Å². The Morgan fingerprint density at radius 2 is 1.65 bits per heavy atom. The second kappa shape index (κ2) is 12.3. The van der Waals surface area contributed by atoms with Gasteiger partial charge in [0.15, 0.2) is 0 Å². The lowest BCUT2D eigenvalue weighted by atomic mass is 10.1. The minimum atomic E-state index is -3.87. The second-order valence-corrected chi connectivity index (χ2v) is 11.9. The number of nitrogens with one attached hydrogen (secondary N) is 1. The molecule has 2 amide bonds. The Hall–Kier alpha value is -3.27. The molecule has 2 aromatic rings. The number of methoxy groups -OCH3 is 2. The van der Waals surface area contributed by atoms with E-state index in [2.05, 4.69) is 5.32 Å². The molecule has 0 saturated heterocycles. The molecule has 0 spiro atoms. The van der Waals surface area contributed by atoms with E-state index >= 15 is 0 Å². The number of aryl methyl sites for hydroxylation is 1. The molecule has 0 unspecified atom stereocenters. The van der Waals surface area contributed by atoms with E-state index in [1.165, 1.54) is 12.0 Å².